The number of aliphatic hydroxyl groups excluding tert-OH is 5. The van der Waals surface area contributed by atoms with Crippen LogP contribution < -0.4 is 5.11 Å². The summed E-state index contributed by atoms with van der Waals surface area (Å²) in [4.78, 5) is 9.98. The Labute approximate surface area is 182 Å². The van der Waals surface area contributed by atoms with Crippen LogP contribution in [0.4, 0.5) is 0 Å². The number of carbonyl (C=O) groups is 1. The second-order valence-electron chi connectivity index (χ2n) is 7.98. The third-order valence-corrected chi connectivity index (χ3v) is 5.99. The molecule has 30 heavy (non-hydrogen) atoms. The molecular weight excluding hydrogens is 390 g/mol. The van der Waals surface area contributed by atoms with E-state index in [1.165, 1.54) is 82.0 Å². The lowest BCUT2D eigenvalue weighted by Crippen LogP contribution is -2.52. The van der Waals surface area contributed by atoms with Crippen molar-refractivity contribution in [2.75, 3.05) is 32.8 Å². The van der Waals surface area contributed by atoms with E-state index in [9.17, 15) is 9.90 Å². The van der Waals surface area contributed by atoms with Gasteiger partial charge in [0.15, 0.2) is 0 Å². The fraction of sp³-hybridized carbons (Fsp3) is 0.955. The first kappa shape index (κ1) is 31.4. The van der Waals surface area contributed by atoms with Crippen molar-refractivity contribution >= 4 is 5.97 Å². The van der Waals surface area contributed by atoms with E-state index in [4.69, 9.17) is 25.5 Å². The summed E-state index contributed by atoms with van der Waals surface area (Å²) < 4.78 is 1.33. The first-order valence-corrected chi connectivity index (χ1v) is 11.5. The fourth-order valence-corrected chi connectivity index (χ4v) is 3.39. The number of carboxylic acid groups (broad SMARTS) is 1. The van der Waals surface area contributed by atoms with Gasteiger partial charge in [0.05, 0.1) is 38.8 Å². The number of hydrogen-bond donors (Lipinski definition) is 5. The van der Waals surface area contributed by atoms with Gasteiger partial charge >= 0.3 is 0 Å². The van der Waals surface area contributed by atoms with Gasteiger partial charge in [-0.3, -0.25) is 0 Å². The molecule has 5 N–H and O–H groups in total. The lowest BCUT2D eigenvalue weighted by Gasteiger charge is -2.35. The molecule has 0 radical (unpaired) electrons. The van der Waals surface area contributed by atoms with Gasteiger partial charge in [0, 0.05) is 0 Å². The van der Waals surface area contributed by atoms with Crippen LogP contribution in [0, 0.1) is 0 Å². The third-order valence-electron chi connectivity index (χ3n) is 5.99. The van der Waals surface area contributed by atoms with E-state index in [1.807, 2.05) is 0 Å². The average Bonchev–Trinajstić information content (AvgIpc) is 2.76. The molecule has 182 valence electrons. The van der Waals surface area contributed by atoms with Gasteiger partial charge in [0.1, 0.15) is 24.4 Å². The highest BCUT2D eigenvalue weighted by molar-refractivity contribution is 5.70. The van der Waals surface area contributed by atoms with Crippen molar-refractivity contribution in [1.29, 1.82) is 0 Å². The van der Waals surface area contributed by atoms with Gasteiger partial charge < -0.3 is 39.9 Å². The maximum atomic E-state index is 9.98. The lowest BCUT2D eigenvalue weighted by atomic mass is 10.0. The zero-order valence-corrected chi connectivity index (χ0v) is 19.5. The van der Waals surface area contributed by atoms with Crippen LogP contribution in [0.5, 0.6) is 0 Å². The smallest absolute Gasteiger partial charge is 0.122 e. The molecule has 8 nitrogen and oxygen atoms in total. The Morgan fingerprint density at radius 2 is 1.20 bits per heavy atom. The average molecular weight is 438 g/mol. The van der Waals surface area contributed by atoms with Crippen LogP contribution in [-0.4, -0.2) is 93.2 Å². The minimum Gasteiger partial charge on any atom is -0.547 e. The number of nitrogens with zero attached hydrogens (tertiary/aromatic N) is 1. The van der Waals surface area contributed by atoms with Gasteiger partial charge in [0.25, 0.3) is 0 Å². The van der Waals surface area contributed by atoms with Crippen molar-refractivity contribution in [2.24, 2.45) is 0 Å². The summed E-state index contributed by atoms with van der Waals surface area (Å²) in [6.07, 6.45) is 3.44. The molecule has 8 heteroatoms. The zero-order chi connectivity index (χ0) is 23.6. The van der Waals surface area contributed by atoms with Gasteiger partial charge in [-0.1, -0.05) is 45.4 Å². The number of carboxylic acids is 1. The molecule has 0 saturated carbocycles. The molecule has 0 aliphatic heterocycles. The Bertz CT molecular complexity index is 397. The molecule has 0 aliphatic carbocycles. The minimum absolute atomic E-state index is 0.863. The number of carbonyl (C=O) groups excluding carboxylic acids is 1. The van der Waals surface area contributed by atoms with Gasteiger partial charge in [0.2, 0.25) is 0 Å². The summed E-state index contributed by atoms with van der Waals surface area (Å²) in [6.45, 7) is 13.8. The summed E-state index contributed by atoms with van der Waals surface area (Å²) >= 11 is 0. The summed E-state index contributed by atoms with van der Waals surface area (Å²) in [5.41, 5.74) is 0. The van der Waals surface area contributed by atoms with Crippen LogP contribution in [0.2, 0.25) is 0 Å². The summed E-state index contributed by atoms with van der Waals surface area (Å²) in [5.74, 6) is -1.98. The van der Waals surface area contributed by atoms with Gasteiger partial charge in [-0.25, -0.2) is 0 Å². The lowest BCUT2D eigenvalue weighted by molar-refractivity contribution is -0.923. The SMILES string of the molecule is CCCCCCCCCC[N+](CC)(CC)CC.O=C([O-])[C@H](O)[C@@H](O)[C@H](O)[C@H](O)CO. The van der Waals surface area contributed by atoms with Crippen molar-refractivity contribution < 1.29 is 39.9 Å². The standard InChI is InChI=1S/C16H36N.C6H12O7/c1-5-9-10-11-12-13-14-15-16-17(6-2,7-3)8-4;7-1-2(8)3(9)4(10)5(11)6(12)13/h5-16H2,1-4H3;2-5,7-11H,1H2,(H,12,13)/q+1;/p-1/t;2-,3-,4+,5-/m.1/s1. The molecule has 0 aromatic carbocycles. The van der Waals surface area contributed by atoms with Crippen LogP contribution >= 0.6 is 0 Å². The molecule has 0 rings (SSSR count). The number of aliphatic hydroxyl groups is 5. The normalized spacial score (nSPS) is 15.6. The molecular formula is C22H47NO7. The Morgan fingerprint density at radius 3 is 1.57 bits per heavy atom. The maximum absolute atomic E-state index is 9.98. The summed E-state index contributed by atoms with van der Waals surface area (Å²) in [6, 6.07) is 0. The summed E-state index contributed by atoms with van der Waals surface area (Å²) in [5, 5.41) is 53.4. The highest BCUT2D eigenvalue weighted by atomic mass is 16.4. The van der Waals surface area contributed by atoms with E-state index in [-0.39, 0.29) is 0 Å². The monoisotopic (exact) mass is 437 g/mol. The third kappa shape index (κ3) is 13.5. The Morgan fingerprint density at radius 1 is 0.767 bits per heavy atom. The quantitative estimate of drug-likeness (QED) is 0.161. The molecule has 0 spiro atoms. The van der Waals surface area contributed by atoms with E-state index in [0.717, 1.165) is 0 Å². The zero-order valence-electron chi connectivity index (χ0n) is 19.5. The second kappa shape index (κ2) is 19.0. The van der Waals surface area contributed by atoms with Crippen molar-refractivity contribution in [3.63, 3.8) is 0 Å². The van der Waals surface area contributed by atoms with E-state index in [2.05, 4.69) is 27.7 Å². The van der Waals surface area contributed by atoms with E-state index in [0.29, 0.717) is 0 Å². The van der Waals surface area contributed by atoms with Crippen molar-refractivity contribution in [3.8, 4) is 0 Å². The fourth-order valence-electron chi connectivity index (χ4n) is 3.39. The number of aliphatic carboxylic acids is 1. The van der Waals surface area contributed by atoms with Crippen molar-refractivity contribution in [2.45, 2.75) is 103 Å². The highest BCUT2D eigenvalue weighted by Crippen LogP contribution is 2.12. The molecule has 0 aromatic rings. The van der Waals surface area contributed by atoms with E-state index in [1.54, 1.807) is 0 Å². The molecule has 0 saturated heterocycles. The topological polar surface area (TPSA) is 141 Å². The molecule has 0 fully saturated rings. The molecule has 0 unspecified atom stereocenters. The molecule has 0 heterocycles. The molecule has 0 bridgehead atoms. The van der Waals surface area contributed by atoms with Crippen LogP contribution in [0.15, 0.2) is 0 Å². The first-order chi connectivity index (χ1) is 14.2. The number of hydrogen-bond acceptors (Lipinski definition) is 7. The number of unbranched alkanes of at least 4 members (excludes halogenated alkanes) is 7. The van der Waals surface area contributed by atoms with Crippen LogP contribution in [-0.2, 0) is 4.79 Å². The van der Waals surface area contributed by atoms with Gasteiger partial charge in [-0.05, 0) is 33.6 Å². The molecule has 0 aliphatic rings. The predicted molar refractivity (Wildman–Crippen MR) is 115 cm³/mol. The number of quaternary nitrogens is 1. The van der Waals surface area contributed by atoms with E-state index < -0.39 is 37.0 Å². The van der Waals surface area contributed by atoms with Crippen LogP contribution in [0.3, 0.4) is 0 Å². The molecule has 4 atom stereocenters. The van der Waals surface area contributed by atoms with Crippen molar-refractivity contribution in [3.05, 3.63) is 0 Å². The Hall–Kier alpha value is -0.770. The van der Waals surface area contributed by atoms with E-state index >= 15 is 0 Å². The first-order valence-electron chi connectivity index (χ1n) is 11.5. The molecule has 0 aromatic heterocycles. The Balaban J connectivity index is 0. The molecule has 0 amide bonds. The number of rotatable bonds is 17. The van der Waals surface area contributed by atoms with Crippen molar-refractivity contribution in [1.82, 2.24) is 0 Å². The minimum atomic E-state index is -2.31. The summed E-state index contributed by atoms with van der Waals surface area (Å²) in [7, 11) is 0. The largest absolute Gasteiger partial charge is 0.547 e. The predicted octanol–water partition coefficient (Wildman–Crippen LogP) is 0.176. The van der Waals surface area contributed by atoms with Gasteiger partial charge in [-0.2, -0.15) is 0 Å². The highest BCUT2D eigenvalue weighted by Gasteiger charge is 2.30. The second-order valence-corrected chi connectivity index (χ2v) is 7.98. The van der Waals surface area contributed by atoms with Crippen LogP contribution in [0.25, 0.3) is 0 Å². The van der Waals surface area contributed by atoms with Gasteiger partial charge in [-0.15, -0.1) is 0 Å². The maximum Gasteiger partial charge on any atom is 0.122 e. The Kier molecular flexibility index (Phi) is 19.9. The van der Waals surface area contributed by atoms with Crippen LogP contribution in [0.1, 0.15) is 79.1 Å².